The zero-order valence-electron chi connectivity index (χ0n) is 18.8. The summed E-state index contributed by atoms with van der Waals surface area (Å²) in [5, 5.41) is 4.85. The van der Waals surface area contributed by atoms with Gasteiger partial charge in [-0.25, -0.2) is 14.2 Å². The molecule has 0 saturated carbocycles. The minimum Gasteiger partial charge on any atom is -0.460 e. The molecule has 0 atom stereocenters. The number of carbonyl (C=O) groups is 1. The van der Waals surface area contributed by atoms with Crippen LogP contribution in [-0.2, 0) is 17.6 Å². The molecule has 0 N–H and O–H groups in total. The van der Waals surface area contributed by atoms with E-state index in [1.54, 1.807) is 13.1 Å². The maximum atomic E-state index is 14.0. The highest BCUT2D eigenvalue weighted by Gasteiger charge is 2.27. The zero-order chi connectivity index (χ0) is 23.4. The number of rotatable bonds is 3. The van der Waals surface area contributed by atoms with Gasteiger partial charge in [0.1, 0.15) is 0 Å². The lowest BCUT2D eigenvalue weighted by Gasteiger charge is -2.20. The van der Waals surface area contributed by atoms with Crippen LogP contribution in [0.5, 0.6) is 0 Å². The lowest BCUT2D eigenvalue weighted by molar-refractivity contribution is 0.0509. The Hall–Kier alpha value is -4.33. The first-order valence-electron chi connectivity index (χ1n) is 11.2. The molecule has 3 heterocycles. The number of pyridine rings is 1. The summed E-state index contributed by atoms with van der Waals surface area (Å²) in [6.07, 6.45) is 3.47. The lowest BCUT2D eigenvalue weighted by atomic mass is 9.85. The van der Waals surface area contributed by atoms with Crippen LogP contribution in [0.25, 0.3) is 33.6 Å². The third-order valence-corrected chi connectivity index (χ3v) is 6.24. The third kappa shape index (κ3) is 2.95. The Bertz CT molecular complexity index is 1660. The predicted octanol–water partition coefficient (Wildman–Crippen LogP) is 3.68. The predicted molar refractivity (Wildman–Crippen MR) is 127 cm³/mol. The molecule has 1 aliphatic rings. The van der Waals surface area contributed by atoms with Crippen molar-refractivity contribution in [2.24, 2.45) is 0 Å². The number of aromatic nitrogens is 5. The molecule has 0 bridgehead atoms. The van der Waals surface area contributed by atoms with Crippen LogP contribution in [0.3, 0.4) is 0 Å². The maximum Gasteiger partial charge on any atom is 0.376 e. The number of carbonyl (C=O) groups excluding carboxylic acids is 1. The van der Waals surface area contributed by atoms with E-state index < -0.39 is 5.97 Å². The van der Waals surface area contributed by atoms with Crippen LogP contribution >= 0.6 is 0 Å². The Balaban J connectivity index is 1.73. The van der Waals surface area contributed by atoms with Crippen LogP contribution in [0.4, 0.5) is 0 Å². The van der Waals surface area contributed by atoms with E-state index in [2.05, 4.69) is 16.1 Å². The molecule has 6 rings (SSSR count). The summed E-state index contributed by atoms with van der Waals surface area (Å²) < 4.78 is 7.96. The van der Waals surface area contributed by atoms with E-state index in [1.807, 2.05) is 49.4 Å². The molecule has 0 amide bonds. The summed E-state index contributed by atoms with van der Waals surface area (Å²) in [7, 11) is 0. The first-order valence-corrected chi connectivity index (χ1v) is 11.2. The van der Waals surface area contributed by atoms with Crippen molar-refractivity contribution in [2.75, 3.05) is 6.61 Å². The van der Waals surface area contributed by atoms with Gasteiger partial charge < -0.3 is 4.74 Å². The van der Waals surface area contributed by atoms with Crippen LogP contribution in [-0.4, -0.2) is 36.7 Å². The highest BCUT2D eigenvalue weighted by atomic mass is 16.5. The molecule has 3 aromatic heterocycles. The van der Waals surface area contributed by atoms with Crippen molar-refractivity contribution in [1.82, 2.24) is 24.1 Å². The van der Waals surface area contributed by atoms with Crippen molar-refractivity contribution in [2.45, 2.75) is 26.7 Å². The maximum absolute atomic E-state index is 14.0. The number of hydrogen-bond donors (Lipinski definition) is 0. The number of aryl methyl sites for hydroxylation is 3. The van der Waals surface area contributed by atoms with Gasteiger partial charge in [-0.2, -0.15) is 9.67 Å². The van der Waals surface area contributed by atoms with E-state index in [0.29, 0.717) is 16.7 Å². The molecule has 0 fully saturated rings. The SMILES string of the molecule is CCOC(=O)c1nn(-c2ccc(C)cc2)c2nc3ncc4c(c3c(=O)n12)-c1ccccc1CC4. The van der Waals surface area contributed by atoms with Crippen molar-refractivity contribution in [3.05, 3.63) is 87.6 Å². The number of benzene rings is 2. The molecule has 0 aliphatic heterocycles. The Morgan fingerprint density at radius 2 is 1.82 bits per heavy atom. The van der Waals surface area contributed by atoms with Crippen LogP contribution in [0.15, 0.2) is 59.5 Å². The Kier molecular flexibility index (Phi) is 4.55. The van der Waals surface area contributed by atoms with E-state index in [-0.39, 0.29) is 23.8 Å². The van der Waals surface area contributed by atoms with Crippen LogP contribution in [0.1, 0.15) is 34.2 Å². The highest BCUT2D eigenvalue weighted by Crippen LogP contribution is 2.36. The second-order valence-corrected chi connectivity index (χ2v) is 8.36. The van der Waals surface area contributed by atoms with E-state index >= 15 is 0 Å². The molecule has 168 valence electrons. The molecule has 34 heavy (non-hydrogen) atoms. The molecule has 2 aromatic carbocycles. The quantitative estimate of drug-likeness (QED) is 0.389. The minimum atomic E-state index is -0.681. The largest absolute Gasteiger partial charge is 0.460 e. The second-order valence-electron chi connectivity index (χ2n) is 8.36. The van der Waals surface area contributed by atoms with Crippen LogP contribution in [0, 0.1) is 6.92 Å². The van der Waals surface area contributed by atoms with Crippen LogP contribution < -0.4 is 5.56 Å². The fourth-order valence-electron chi connectivity index (χ4n) is 4.63. The molecule has 0 saturated heterocycles. The van der Waals surface area contributed by atoms with E-state index in [4.69, 9.17) is 9.72 Å². The Morgan fingerprint density at radius 1 is 1.06 bits per heavy atom. The highest BCUT2D eigenvalue weighted by molar-refractivity contribution is 5.96. The lowest BCUT2D eigenvalue weighted by Crippen LogP contribution is -2.22. The fraction of sp³-hybridized carbons (Fsp3) is 0.192. The standard InChI is InChI=1S/C26H21N5O3/c1-3-34-25(33)23-29-31(18-12-8-15(2)9-13-18)26-28-22-21(24(32)30(23)26)20-17(14-27-22)11-10-16-6-4-5-7-19(16)20/h4-9,12-14H,3,10-11H2,1-2H3. The van der Waals surface area contributed by atoms with Gasteiger partial charge in [-0.3, -0.25) is 4.79 Å². The van der Waals surface area contributed by atoms with Crippen LogP contribution in [0.2, 0.25) is 0 Å². The van der Waals surface area contributed by atoms with Gasteiger partial charge in [-0.05, 0) is 55.5 Å². The normalized spacial score (nSPS) is 12.5. The molecule has 0 radical (unpaired) electrons. The van der Waals surface area contributed by atoms with Crippen molar-refractivity contribution in [1.29, 1.82) is 0 Å². The topological polar surface area (TPSA) is 91.4 Å². The van der Waals surface area contributed by atoms with Gasteiger partial charge >= 0.3 is 5.97 Å². The Morgan fingerprint density at radius 3 is 2.62 bits per heavy atom. The number of nitrogens with zero attached hydrogens (tertiary/aromatic N) is 5. The van der Waals surface area contributed by atoms with Gasteiger partial charge in [0.05, 0.1) is 17.7 Å². The van der Waals surface area contributed by atoms with E-state index in [9.17, 15) is 9.59 Å². The smallest absolute Gasteiger partial charge is 0.376 e. The van der Waals surface area contributed by atoms with Gasteiger partial charge in [0.15, 0.2) is 5.65 Å². The van der Waals surface area contributed by atoms with Crippen molar-refractivity contribution in [3.8, 4) is 16.8 Å². The molecular weight excluding hydrogens is 430 g/mol. The van der Waals surface area contributed by atoms with Gasteiger partial charge in [0.25, 0.3) is 5.56 Å². The molecular formula is C26H21N5O3. The first kappa shape index (κ1) is 20.3. The number of fused-ring (bicyclic) bond motifs is 6. The summed E-state index contributed by atoms with van der Waals surface area (Å²) in [4.78, 5) is 36.1. The molecule has 0 spiro atoms. The monoisotopic (exact) mass is 451 g/mol. The Labute approximate surface area is 194 Å². The van der Waals surface area contributed by atoms with Gasteiger partial charge in [0, 0.05) is 11.8 Å². The average Bonchev–Trinajstić information content (AvgIpc) is 3.24. The summed E-state index contributed by atoms with van der Waals surface area (Å²) in [5.74, 6) is -0.584. The molecule has 5 aromatic rings. The number of hydrogen-bond acceptors (Lipinski definition) is 6. The average molecular weight is 451 g/mol. The minimum absolute atomic E-state index is 0.112. The molecule has 0 unspecified atom stereocenters. The molecule has 8 nitrogen and oxygen atoms in total. The fourth-order valence-corrected chi connectivity index (χ4v) is 4.63. The summed E-state index contributed by atoms with van der Waals surface area (Å²) in [5.41, 5.74) is 5.69. The van der Waals surface area contributed by atoms with E-state index in [1.165, 1.54) is 14.6 Å². The van der Waals surface area contributed by atoms with Crippen molar-refractivity contribution < 1.29 is 9.53 Å². The number of esters is 1. The summed E-state index contributed by atoms with van der Waals surface area (Å²) in [6.45, 7) is 3.86. The van der Waals surface area contributed by atoms with Crippen molar-refractivity contribution in [3.63, 3.8) is 0 Å². The third-order valence-electron chi connectivity index (χ3n) is 6.24. The van der Waals surface area contributed by atoms with Crippen molar-refractivity contribution >= 4 is 22.8 Å². The molecule has 8 heteroatoms. The summed E-state index contributed by atoms with van der Waals surface area (Å²) >= 11 is 0. The second kappa shape index (κ2) is 7.62. The summed E-state index contributed by atoms with van der Waals surface area (Å²) in [6, 6.07) is 15.7. The zero-order valence-corrected chi connectivity index (χ0v) is 18.8. The van der Waals surface area contributed by atoms with Gasteiger partial charge in [-0.15, -0.1) is 5.10 Å². The van der Waals surface area contributed by atoms with Gasteiger partial charge in [0.2, 0.25) is 11.6 Å². The van der Waals surface area contributed by atoms with Gasteiger partial charge in [-0.1, -0.05) is 42.0 Å². The first-order chi connectivity index (χ1) is 16.6. The van der Waals surface area contributed by atoms with E-state index in [0.717, 1.165) is 35.1 Å². The molecule has 1 aliphatic carbocycles. The number of ether oxygens (including phenoxy) is 1.